The normalized spacial score (nSPS) is 21.9. The lowest BCUT2D eigenvalue weighted by molar-refractivity contribution is -0.0632. The molecule has 1 aliphatic rings. The van der Waals surface area contributed by atoms with E-state index < -0.39 is 0 Å². The zero-order valence-corrected chi connectivity index (χ0v) is 12.9. The standard InChI is InChI=1S/C16H21N3O3/c1-3-22-15-9-21-7-6-13(15)19-16(20)11-4-5-12-14(8-11)18-10(2)17-12/h4-5,8,13,15H,3,6-7,9H2,1-2H3,(H,17,18)(H,19,20). The number of hydrogen-bond acceptors (Lipinski definition) is 4. The van der Waals surface area contributed by atoms with Gasteiger partial charge in [0, 0.05) is 18.8 Å². The van der Waals surface area contributed by atoms with Crippen LogP contribution in [0.25, 0.3) is 11.0 Å². The van der Waals surface area contributed by atoms with E-state index in [0.29, 0.717) is 25.4 Å². The molecule has 0 spiro atoms. The summed E-state index contributed by atoms with van der Waals surface area (Å²) in [5, 5.41) is 3.06. The first-order valence-corrected chi connectivity index (χ1v) is 7.64. The first-order valence-electron chi connectivity index (χ1n) is 7.64. The minimum atomic E-state index is -0.0919. The van der Waals surface area contributed by atoms with Crippen LogP contribution in [0, 0.1) is 6.92 Å². The Morgan fingerprint density at radius 3 is 3.23 bits per heavy atom. The predicted octanol–water partition coefficient (Wildman–Crippen LogP) is 1.80. The van der Waals surface area contributed by atoms with Gasteiger partial charge in [0.1, 0.15) is 11.9 Å². The number of fused-ring (bicyclic) bond motifs is 1. The number of hydrogen-bond donors (Lipinski definition) is 2. The number of benzene rings is 1. The van der Waals surface area contributed by atoms with Gasteiger partial charge in [-0.25, -0.2) is 4.98 Å². The van der Waals surface area contributed by atoms with Crippen molar-refractivity contribution in [3.63, 3.8) is 0 Å². The number of H-pyrrole nitrogens is 1. The number of rotatable bonds is 4. The Hall–Kier alpha value is -1.92. The van der Waals surface area contributed by atoms with E-state index in [-0.39, 0.29) is 18.1 Å². The summed E-state index contributed by atoms with van der Waals surface area (Å²) in [6.45, 7) is 5.63. The lowest BCUT2D eigenvalue weighted by Gasteiger charge is -2.31. The van der Waals surface area contributed by atoms with Crippen molar-refractivity contribution >= 4 is 16.9 Å². The van der Waals surface area contributed by atoms with E-state index in [1.807, 2.05) is 26.0 Å². The van der Waals surface area contributed by atoms with Crippen molar-refractivity contribution in [3.05, 3.63) is 29.6 Å². The van der Waals surface area contributed by atoms with Gasteiger partial charge in [0.15, 0.2) is 0 Å². The van der Waals surface area contributed by atoms with Crippen LogP contribution in [0.5, 0.6) is 0 Å². The molecule has 118 valence electrons. The molecular weight excluding hydrogens is 282 g/mol. The van der Waals surface area contributed by atoms with Gasteiger partial charge in [-0.15, -0.1) is 0 Å². The lowest BCUT2D eigenvalue weighted by Crippen LogP contribution is -2.50. The summed E-state index contributed by atoms with van der Waals surface area (Å²) in [5.41, 5.74) is 2.36. The van der Waals surface area contributed by atoms with Gasteiger partial charge < -0.3 is 19.8 Å². The number of nitrogens with zero attached hydrogens (tertiary/aromatic N) is 1. The van der Waals surface area contributed by atoms with E-state index in [9.17, 15) is 4.79 Å². The minimum absolute atomic E-state index is 0.0135. The minimum Gasteiger partial charge on any atom is -0.379 e. The molecule has 0 radical (unpaired) electrons. The highest BCUT2D eigenvalue weighted by atomic mass is 16.5. The molecule has 2 N–H and O–H groups in total. The van der Waals surface area contributed by atoms with Crippen molar-refractivity contribution in [2.45, 2.75) is 32.4 Å². The number of nitrogens with one attached hydrogen (secondary N) is 2. The first kappa shape index (κ1) is 15.0. The molecule has 2 heterocycles. The fourth-order valence-corrected chi connectivity index (χ4v) is 2.79. The topological polar surface area (TPSA) is 76.2 Å². The number of carbonyl (C=O) groups is 1. The maximum atomic E-state index is 12.5. The van der Waals surface area contributed by atoms with Crippen LogP contribution in [-0.4, -0.2) is 47.8 Å². The third kappa shape index (κ3) is 3.13. The molecule has 1 saturated heterocycles. The Morgan fingerprint density at radius 1 is 1.55 bits per heavy atom. The molecule has 3 rings (SSSR count). The van der Waals surface area contributed by atoms with Crippen molar-refractivity contribution in [2.75, 3.05) is 19.8 Å². The number of amides is 1. The number of carbonyl (C=O) groups excluding carboxylic acids is 1. The van der Waals surface area contributed by atoms with Crippen LogP contribution in [-0.2, 0) is 9.47 Å². The highest BCUT2D eigenvalue weighted by molar-refractivity contribution is 5.97. The van der Waals surface area contributed by atoms with E-state index >= 15 is 0 Å². The van der Waals surface area contributed by atoms with Gasteiger partial charge >= 0.3 is 0 Å². The van der Waals surface area contributed by atoms with Crippen LogP contribution in [0.4, 0.5) is 0 Å². The van der Waals surface area contributed by atoms with E-state index in [1.165, 1.54) is 0 Å². The summed E-state index contributed by atoms with van der Waals surface area (Å²) in [6, 6.07) is 5.48. The largest absolute Gasteiger partial charge is 0.379 e. The van der Waals surface area contributed by atoms with Gasteiger partial charge in [0.2, 0.25) is 0 Å². The second-order valence-corrected chi connectivity index (χ2v) is 5.49. The Bertz CT molecular complexity index is 666. The molecule has 2 unspecified atom stereocenters. The van der Waals surface area contributed by atoms with E-state index in [4.69, 9.17) is 9.47 Å². The Labute approximate surface area is 129 Å². The summed E-state index contributed by atoms with van der Waals surface area (Å²) >= 11 is 0. The van der Waals surface area contributed by atoms with Crippen LogP contribution in [0.15, 0.2) is 18.2 Å². The summed E-state index contributed by atoms with van der Waals surface area (Å²) in [5.74, 6) is 0.749. The number of aromatic amines is 1. The molecule has 0 bridgehead atoms. The summed E-state index contributed by atoms with van der Waals surface area (Å²) in [7, 11) is 0. The van der Waals surface area contributed by atoms with Gasteiger partial charge in [-0.3, -0.25) is 4.79 Å². The average molecular weight is 303 g/mol. The predicted molar refractivity (Wildman–Crippen MR) is 82.9 cm³/mol. The van der Waals surface area contributed by atoms with Gasteiger partial charge in [-0.05, 0) is 38.5 Å². The zero-order valence-electron chi connectivity index (χ0n) is 12.9. The number of ether oxygens (including phenoxy) is 2. The number of imidazole rings is 1. The lowest BCUT2D eigenvalue weighted by atomic mass is 10.1. The maximum absolute atomic E-state index is 12.5. The zero-order chi connectivity index (χ0) is 15.5. The van der Waals surface area contributed by atoms with Crippen LogP contribution in [0.2, 0.25) is 0 Å². The molecule has 0 aliphatic carbocycles. The second kappa shape index (κ2) is 6.46. The van der Waals surface area contributed by atoms with Gasteiger partial charge in [0.25, 0.3) is 5.91 Å². The molecule has 1 aromatic carbocycles. The van der Waals surface area contributed by atoms with Crippen LogP contribution in [0.3, 0.4) is 0 Å². The molecule has 2 atom stereocenters. The fourth-order valence-electron chi connectivity index (χ4n) is 2.79. The maximum Gasteiger partial charge on any atom is 0.251 e. The Morgan fingerprint density at radius 2 is 2.41 bits per heavy atom. The number of aromatic nitrogens is 2. The van der Waals surface area contributed by atoms with Crippen molar-refractivity contribution in [1.82, 2.24) is 15.3 Å². The van der Waals surface area contributed by atoms with E-state index in [1.54, 1.807) is 6.07 Å². The molecule has 1 aliphatic heterocycles. The third-order valence-electron chi connectivity index (χ3n) is 3.86. The Balaban J connectivity index is 1.74. The van der Waals surface area contributed by atoms with Crippen molar-refractivity contribution in [1.29, 1.82) is 0 Å². The molecule has 1 amide bonds. The molecule has 1 fully saturated rings. The molecule has 2 aromatic rings. The second-order valence-electron chi connectivity index (χ2n) is 5.49. The van der Waals surface area contributed by atoms with Crippen molar-refractivity contribution < 1.29 is 14.3 Å². The smallest absolute Gasteiger partial charge is 0.251 e. The summed E-state index contributed by atoms with van der Waals surface area (Å²) in [6.07, 6.45) is 0.683. The van der Waals surface area contributed by atoms with Crippen LogP contribution < -0.4 is 5.32 Å². The Kier molecular flexibility index (Phi) is 4.40. The first-order chi connectivity index (χ1) is 10.7. The van der Waals surface area contributed by atoms with Gasteiger partial charge in [-0.1, -0.05) is 0 Å². The quantitative estimate of drug-likeness (QED) is 0.903. The monoisotopic (exact) mass is 303 g/mol. The fraction of sp³-hybridized carbons (Fsp3) is 0.500. The highest BCUT2D eigenvalue weighted by Crippen LogP contribution is 2.16. The SMILES string of the molecule is CCOC1COCCC1NC(=O)c1ccc2nc(C)[nH]c2c1. The molecular formula is C16H21N3O3. The summed E-state index contributed by atoms with van der Waals surface area (Å²) in [4.78, 5) is 20.0. The van der Waals surface area contributed by atoms with Crippen LogP contribution >= 0.6 is 0 Å². The molecule has 6 heteroatoms. The number of aryl methyl sites for hydroxylation is 1. The van der Waals surface area contributed by atoms with E-state index in [2.05, 4.69) is 15.3 Å². The van der Waals surface area contributed by atoms with Crippen molar-refractivity contribution in [2.24, 2.45) is 0 Å². The van der Waals surface area contributed by atoms with Crippen LogP contribution in [0.1, 0.15) is 29.5 Å². The molecule has 1 aromatic heterocycles. The average Bonchev–Trinajstić information content (AvgIpc) is 2.88. The van der Waals surface area contributed by atoms with Gasteiger partial charge in [0.05, 0.1) is 23.7 Å². The van der Waals surface area contributed by atoms with Crippen molar-refractivity contribution in [3.8, 4) is 0 Å². The van der Waals surface area contributed by atoms with E-state index in [0.717, 1.165) is 23.3 Å². The molecule has 22 heavy (non-hydrogen) atoms. The highest BCUT2D eigenvalue weighted by Gasteiger charge is 2.27. The molecule has 6 nitrogen and oxygen atoms in total. The van der Waals surface area contributed by atoms with Gasteiger partial charge in [-0.2, -0.15) is 0 Å². The molecule has 0 saturated carbocycles. The summed E-state index contributed by atoms with van der Waals surface area (Å²) < 4.78 is 11.1. The third-order valence-corrected chi connectivity index (χ3v) is 3.86.